The van der Waals surface area contributed by atoms with Crippen LogP contribution in [0.2, 0.25) is 0 Å². The predicted molar refractivity (Wildman–Crippen MR) is 81.4 cm³/mol. The summed E-state index contributed by atoms with van der Waals surface area (Å²) in [6.45, 7) is 4.43. The molecule has 0 aliphatic carbocycles. The Morgan fingerprint density at radius 1 is 1.00 bits per heavy atom. The van der Waals surface area contributed by atoms with E-state index in [0.717, 1.165) is 5.75 Å². The van der Waals surface area contributed by atoms with Gasteiger partial charge in [-0.3, -0.25) is 0 Å². The van der Waals surface area contributed by atoms with E-state index in [1.54, 1.807) is 0 Å². The second kappa shape index (κ2) is 6.36. The van der Waals surface area contributed by atoms with Gasteiger partial charge in [-0.25, -0.2) is 0 Å². The molecule has 0 heterocycles. The van der Waals surface area contributed by atoms with Crippen LogP contribution in [0.25, 0.3) is 10.8 Å². The fraction of sp³-hybridized carbons (Fsp3) is 0.333. The Hall–Kier alpha value is -0.600. The van der Waals surface area contributed by atoms with E-state index in [0.29, 0.717) is 0 Å². The summed E-state index contributed by atoms with van der Waals surface area (Å²) < 4.78 is 0. The molecule has 2 rings (SSSR count). The second-order valence-electron chi connectivity index (χ2n) is 3.92. The average Bonchev–Trinajstić information content (AvgIpc) is 2.37. The molecule has 0 amide bonds. The van der Waals surface area contributed by atoms with Gasteiger partial charge in [0.05, 0.1) is 0 Å². The highest BCUT2D eigenvalue weighted by Crippen LogP contribution is 2.30. The molecule has 0 radical (unpaired) electrons. The topological polar surface area (TPSA) is 0 Å². The van der Waals surface area contributed by atoms with Crippen molar-refractivity contribution in [2.24, 2.45) is 0 Å². The molecule has 0 atom stereocenters. The molecule has 0 bridgehead atoms. The van der Waals surface area contributed by atoms with E-state index in [1.807, 2.05) is 23.5 Å². The van der Waals surface area contributed by atoms with E-state index < -0.39 is 0 Å². The van der Waals surface area contributed by atoms with Crippen molar-refractivity contribution in [1.82, 2.24) is 0 Å². The van der Waals surface area contributed by atoms with Crippen molar-refractivity contribution in [2.75, 3.05) is 11.5 Å². The molecule has 0 N–H and O–H groups in total. The van der Waals surface area contributed by atoms with Crippen LogP contribution in [0.15, 0.2) is 46.2 Å². The smallest absolute Gasteiger partial charge is 0.0150 e. The largest absolute Gasteiger partial charge is 0.126 e. The van der Waals surface area contributed by atoms with Crippen LogP contribution in [0.1, 0.15) is 20.3 Å². The first kappa shape index (κ1) is 12.8. The highest BCUT2D eigenvalue weighted by atomic mass is 32.2. The van der Waals surface area contributed by atoms with E-state index in [4.69, 9.17) is 0 Å². The van der Waals surface area contributed by atoms with E-state index in [1.165, 1.54) is 32.7 Å². The van der Waals surface area contributed by atoms with Gasteiger partial charge >= 0.3 is 0 Å². The Morgan fingerprint density at radius 2 is 1.88 bits per heavy atom. The summed E-state index contributed by atoms with van der Waals surface area (Å²) in [5.41, 5.74) is 0. The average molecular weight is 262 g/mol. The number of hydrogen-bond acceptors (Lipinski definition) is 2. The second-order valence-corrected chi connectivity index (χ2v) is 6.39. The molecule has 0 aliphatic heterocycles. The Labute approximate surface area is 112 Å². The summed E-state index contributed by atoms with van der Waals surface area (Å²) in [6, 6.07) is 13.4. The monoisotopic (exact) mass is 262 g/mol. The van der Waals surface area contributed by atoms with E-state index in [-0.39, 0.29) is 0 Å². The summed E-state index contributed by atoms with van der Waals surface area (Å²) >= 11 is 3.87. The van der Waals surface area contributed by atoms with Crippen molar-refractivity contribution >= 4 is 34.3 Å². The molecule has 2 aromatic rings. The molecule has 0 aliphatic rings. The third-order valence-corrected chi connectivity index (χ3v) is 4.74. The Balaban J connectivity index is 2.35. The Morgan fingerprint density at radius 3 is 2.65 bits per heavy atom. The van der Waals surface area contributed by atoms with Gasteiger partial charge < -0.3 is 0 Å². The molecular formula is C15H18S2. The van der Waals surface area contributed by atoms with Crippen molar-refractivity contribution in [2.45, 2.75) is 30.1 Å². The van der Waals surface area contributed by atoms with Gasteiger partial charge in [0.2, 0.25) is 0 Å². The number of benzene rings is 2. The van der Waals surface area contributed by atoms with Crippen LogP contribution < -0.4 is 0 Å². The Bertz CT molecular complexity index is 491. The van der Waals surface area contributed by atoms with Crippen molar-refractivity contribution in [3.8, 4) is 0 Å². The van der Waals surface area contributed by atoms with Crippen LogP contribution in [0.4, 0.5) is 0 Å². The van der Waals surface area contributed by atoms with Gasteiger partial charge in [0.1, 0.15) is 0 Å². The first-order chi connectivity index (χ1) is 8.35. The summed E-state index contributed by atoms with van der Waals surface area (Å²) in [7, 11) is 0. The highest BCUT2D eigenvalue weighted by Gasteiger charge is 2.02. The zero-order valence-corrected chi connectivity index (χ0v) is 12.0. The first-order valence-corrected chi connectivity index (χ1v) is 8.10. The van der Waals surface area contributed by atoms with Crippen LogP contribution in [-0.4, -0.2) is 11.5 Å². The van der Waals surface area contributed by atoms with E-state index in [2.05, 4.69) is 50.2 Å². The minimum atomic E-state index is 1.13. The van der Waals surface area contributed by atoms with Crippen molar-refractivity contribution in [3.05, 3.63) is 36.4 Å². The highest BCUT2D eigenvalue weighted by molar-refractivity contribution is 7.99. The zero-order chi connectivity index (χ0) is 12.1. The molecule has 0 saturated heterocycles. The minimum absolute atomic E-state index is 1.13. The molecule has 2 heteroatoms. The lowest BCUT2D eigenvalue weighted by Gasteiger charge is -2.07. The first-order valence-electron chi connectivity index (χ1n) is 6.13. The summed E-state index contributed by atoms with van der Waals surface area (Å²) in [6.07, 6.45) is 1.23. The van der Waals surface area contributed by atoms with Crippen molar-refractivity contribution < 1.29 is 0 Å². The fourth-order valence-electron chi connectivity index (χ4n) is 1.82. The van der Waals surface area contributed by atoms with Crippen LogP contribution in [-0.2, 0) is 0 Å². The van der Waals surface area contributed by atoms with Gasteiger partial charge in [0.15, 0.2) is 0 Å². The van der Waals surface area contributed by atoms with Gasteiger partial charge in [-0.2, -0.15) is 0 Å². The fourth-order valence-corrected chi connectivity index (χ4v) is 3.46. The summed E-state index contributed by atoms with van der Waals surface area (Å²) in [5, 5.41) is 2.75. The number of rotatable bonds is 5. The predicted octanol–water partition coefficient (Wildman–Crippen LogP) is 5.45. The third kappa shape index (κ3) is 3.20. The van der Waals surface area contributed by atoms with Gasteiger partial charge in [-0.05, 0) is 46.9 Å². The normalized spacial score (nSPS) is 10.9. The van der Waals surface area contributed by atoms with Crippen molar-refractivity contribution in [3.63, 3.8) is 0 Å². The van der Waals surface area contributed by atoms with E-state index in [9.17, 15) is 0 Å². The number of hydrogen-bond donors (Lipinski definition) is 0. The maximum Gasteiger partial charge on any atom is 0.0150 e. The molecule has 2 aromatic carbocycles. The molecule has 90 valence electrons. The quantitative estimate of drug-likeness (QED) is 0.657. The standard InChI is InChI=1S/C15H18S2/c1-3-10-17-13-8-9-14-12(11-13)6-5-7-15(14)16-4-2/h5-9,11H,3-4,10H2,1-2H3. The molecular weight excluding hydrogens is 244 g/mol. The molecule has 0 aromatic heterocycles. The maximum atomic E-state index is 2.31. The lowest BCUT2D eigenvalue weighted by atomic mass is 10.1. The molecule has 0 spiro atoms. The van der Waals surface area contributed by atoms with Gasteiger partial charge in [0, 0.05) is 9.79 Å². The molecule has 17 heavy (non-hydrogen) atoms. The van der Waals surface area contributed by atoms with Crippen LogP contribution >= 0.6 is 23.5 Å². The SMILES string of the molecule is CCCSc1ccc2c(SCC)cccc2c1. The Kier molecular flexibility index (Phi) is 4.81. The van der Waals surface area contributed by atoms with Gasteiger partial charge in [0.25, 0.3) is 0 Å². The molecule has 0 nitrogen and oxygen atoms in total. The molecule has 0 unspecified atom stereocenters. The third-order valence-electron chi connectivity index (χ3n) is 2.58. The number of fused-ring (bicyclic) bond motifs is 1. The summed E-state index contributed by atoms with van der Waals surface area (Å²) in [5.74, 6) is 2.33. The summed E-state index contributed by atoms with van der Waals surface area (Å²) in [4.78, 5) is 2.79. The lowest BCUT2D eigenvalue weighted by molar-refractivity contribution is 1.10. The van der Waals surface area contributed by atoms with Crippen LogP contribution in [0.3, 0.4) is 0 Å². The lowest BCUT2D eigenvalue weighted by Crippen LogP contribution is -1.81. The maximum absolute atomic E-state index is 2.31. The minimum Gasteiger partial charge on any atom is -0.126 e. The number of thioether (sulfide) groups is 2. The van der Waals surface area contributed by atoms with Gasteiger partial charge in [-0.1, -0.05) is 32.0 Å². The zero-order valence-electron chi connectivity index (χ0n) is 10.4. The van der Waals surface area contributed by atoms with Gasteiger partial charge in [-0.15, -0.1) is 23.5 Å². The van der Waals surface area contributed by atoms with Crippen molar-refractivity contribution in [1.29, 1.82) is 0 Å². The van der Waals surface area contributed by atoms with E-state index >= 15 is 0 Å². The van der Waals surface area contributed by atoms with Crippen LogP contribution in [0.5, 0.6) is 0 Å². The molecule has 0 fully saturated rings. The molecule has 0 saturated carbocycles. The van der Waals surface area contributed by atoms with Crippen LogP contribution in [0, 0.1) is 0 Å².